The largest absolute Gasteiger partial charge is 0.478 e. The standard InChI is InChI=1S/C12H13NO2S/c1-2-16-7-10-6-9-5-8(12(14)15)3-4-11(9)13-10/h3-6,13H,2,7H2,1H3,(H,14,15). The Hall–Kier alpha value is -1.42. The molecule has 2 N–H and O–H groups in total. The maximum atomic E-state index is 10.8. The quantitative estimate of drug-likeness (QED) is 0.856. The highest BCUT2D eigenvalue weighted by Crippen LogP contribution is 2.20. The molecule has 3 nitrogen and oxygen atoms in total. The molecule has 0 saturated carbocycles. The van der Waals surface area contributed by atoms with Crippen LogP contribution in [0, 0.1) is 0 Å². The van der Waals surface area contributed by atoms with Crippen molar-refractivity contribution in [3.05, 3.63) is 35.5 Å². The van der Waals surface area contributed by atoms with Gasteiger partial charge in [-0.1, -0.05) is 6.92 Å². The van der Waals surface area contributed by atoms with Gasteiger partial charge in [-0.2, -0.15) is 11.8 Å². The first kappa shape index (κ1) is 11.1. The Kier molecular flexibility index (Phi) is 3.19. The molecule has 0 radical (unpaired) electrons. The first-order valence-corrected chi connectivity index (χ1v) is 6.29. The minimum absolute atomic E-state index is 0.334. The van der Waals surface area contributed by atoms with Crippen LogP contribution in [0.25, 0.3) is 10.9 Å². The summed E-state index contributed by atoms with van der Waals surface area (Å²) in [6.07, 6.45) is 0. The van der Waals surface area contributed by atoms with Gasteiger partial charge in [0.1, 0.15) is 0 Å². The Morgan fingerprint density at radius 2 is 2.25 bits per heavy atom. The number of carboxylic acids is 1. The van der Waals surface area contributed by atoms with Crippen LogP contribution in [-0.4, -0.2) is 21.8 Å². The van der Waals surface area contributed by atoms with Crippen LogP contribution in [0.3, 0.4) is 0 Å². The van der Waals surface area contributed by atoms with E-state index in [-0.39, 0.29) is 0 Å². The molecule has 0 saturated heterocycles. The summed E-state index contributed by atoms with van der Waals surface area (Å²) in [5.41, 5.74) is 2.47. The summed E-state index contributed by atoms with van der Waals surface area (Å²) in [6.45, 7) is 2.12. The number of carboxylic acid groups (broad SMARTS) is 1. The van der Waals surface area contributed by atoms with E-state index in [0.717, 1.165) is 28.1 Å². The second-order valence-corrected chi connectivity index (χ2v) is 4.81. The zero-order valence-electron chi connectivity index (χ0n) is 8.99. The third-order valence-corrected chi connectivity index (χ3v) is 3.31. The van der Waals surface area contributed by atoms with Crippen LogP contribution < -0.4 is 0 Å². The van der Waals surface area contributed by atoms with Gasteiger partial charge in [-0.15, -0.1) is 0 Å². The van der Waals surface area contributed by atoms with E-state index in [0.29, 0.717) is 5.56 Å². The van der Waals surface area contributed by atoms with Gasteiger partial charge >= 0.3 is 5.97 Å². The molecule has 0 aliphatic rings. The molecule has 2 aromatic rings. The molecule has 0 aliphatic carbocycles. The fourth-order valence-electron chi connectivity index (χ4n) is 1.62. The number of aromatic amines is 1. The minimum Gasteiger partial charge on any atom is -0.478 e. The van der Waals surface area contributed by atoms with Crippen LogP contribution in [-0.2, 0) is 5.75 Å². The summed E-state index contributed by atoms with van der Waals surface area (Å²) < 4.78 is 0. The van der Waals surface area contributed by atoms with E-state index < -0.39 is 5.97 Å². The summed E-state index contributed by atoms with van der Waals surface area (Å²) >= 11 is 1.84. The lowest BCUT2D eigenvalue weighted by atomic mass is 10.1. The van der Waals surface area contributed by atoms with Gasteiger partial charge in [0, 0.05) is 22.3 Å². The Balaban J connectivity index is 2.34. The predicted octanol–water partition coefficient (Wildman–Crippen LogP) is 3.12. The zero-order valence-corrected chi connectivity index (χ0v) is 9.80. The molecule has 0 bridgehead atoms. The Labute approximate surface area is 97.9 Å². The first-order chi connectivity index (χ1) is 7.70. The number of rotatable bonds is 4. The van der Waals surface area contributed by atoms with E-state index in [2.05, 4.69) is 11.9 Å². The Morgan fingerprint density at radius 1 is 1.44 bits per heavy atom. The van der Waals surface area contributed by atoms with E-state index in [4.69, 9.17) is 5.11 Å². The number of thioether (sulfide) groups is 1. The molecule has 84 valence electrons. The molecule has 16 heavy (non-hydrogen) atoms. The molecule has 4 heteroatoms. The highest BCUT2D eigenvalue weighted by molar-refractivity contribution is 7.98. The molecular formula is C12H13NO2S. The van der Waals surface area contributed by atoms with E-state index in [1.807, 2.05) is 23.9 Å². The molecule has 0 spiro atoms. The van der Waals surface area contributed by atoms with Gasteiger partial charge in [0.25, 0.3) is 0 Å². The van der Waals surface area contributed by atoms with Gasteiger partial charge in [0.2, 0.25) is 0 Å². The van der Waals surface area contributed by atoms with Crippen molar-refractivity contribution in [2.24, 2.45) is 0 Å². The molecular weight excluding hydrogens is 222 g/mol. The maximum absolute atomic E-state index is 10.8. The van der Waals surface area contributed by atoms with E-state index in [1.165, 1.54) is 0 Å². The van der Waals surface area contributed by atoms with Crippen molar-refractivity contribution in [2.75, 3.05) is 5.75 Å². The van der Waals surface area contributed by atoms with Crippen LogP contribution in [0.1, 0.15) is 23.0 Å². The van der Waals surface area contributed by atoms with Crippen LogP contribution in [0.2, 0.25) is 0 Å². The molecule has 0 amide bonds. The van der Waals surface area contributed by atoms with Crippen molar-refractivity contribution in [1.29, 1.82) is 0 Å². The topological polar surface area (TPSA) is 53.1 Å². The SMILES string of the molecule is CCSCc1cc2cc(C(=O)O)ccc2[nH]1. The molecule has 1 aromatic carbocycles. The number of carbonyl (C=O) groups is 1. The summed E-state index contributed by atoms with van der Waals surface area (Å²) in [5.74, 6) is 1.14. The molecule has 1 heterocycles. The van der Waals surface area contributed by atoms with Gasteiger partial charge in [-0.3, -0.25) is 0 Å². The average Bonchev–Trinajstić information content (AvgIpc) is 2.67. The summed E-state index contributed by atoms with van der Waals surface area (Å²) in [7, 11) is 0. The lowest BCUT2D eigenvalue weighted by Gasteiger charge is -1.93. The number of H-pyrrole nitrogens is 1. The monoisotopic (exact) mass is 235 g/mol. The molecule has 0 atom stereocenters. The molecule has 2 rings (SSSR count). The smallest absolute Gasteiger partial charge is 0.335 e. The van der Waals surface area contributed by atoms with Crippen molar-refractivity contribution < 1.29 is 9.90 Å². The maximum Gasteiger partial charge on any atom is 0.335 e. The van der Waals surface area contributed by atoms with Crippen molar-refractivity contribution in [2.45, 2.75) is 12.7 Å². The fourth-order valence-corrected chi connectivity index (χ4v) is 2.20. The third kappa shape index (κ3) is 2.22. The van der Waals surface area contributed by atoms with E-state index in [9.17, 15) is 4.79 Å². The number of nitrogens with one attached hydrogen (secondary N) is 1. The van der Waals surface area contributed by atoms with Crippen LogP contribution in [0.15, 0.2) is 24.3 Å². The van der Waals surface area contributed by atoms with Crippen molar-refractivity contribution in [3.63, 3.8) is 0 Å². The number of hydrogen-bond donors (Lipinski definition) is 2. The number of hydrogen-bond acceptors (Lipinski definition) is 2. The van der Waals surface area contributed by atoms with E-state index in [1.54, 1.807) is 12.1 Å². The molecule has 0 unspecified atom stereocenters. The highest BCUT2D eigenvalue weighted by atomic mass is 32.2. The van der Waals surface area contributed by atoms with Crippen LogP contribution in [0.4, 0.5) is 0 Å². The summed E-state index contributed by atoms with van der Waals surface area (Å²) in [6, 6.07) is 7.16. The van der Waals surface area contributed by atoms with Crippen LogP contribution >= 0.6 is 11.8 Å². The highest BCUT2D eigenvalue weighted by Gasteiger charge is 2.05. The van der Waals surface area contributed by atoms with Crippen molar-refractivity contribution >= 4 is 28.6 Å². The van der Waals surface area contributed by atoms with Gasteiger partial charge < -0.3 is 10.1 Å². The van der Waals surface area contributed by atoms with Gasteiger partial charge in [0.05, 0.1) is 5.56 Å². The second-order valence-electron chi connectivity index (χ2n) is 3.54. The summed E-state index contributed by atoms with van der Waals surface area (Å²) in [5, 5.41) is 9.84. The lowest BCUT2D eigenvalue weighted by Crippen LogP contribution is -1.94. The van der Waals surface area contributed by atoms with Gasteiger partial charge in [0.15, 0.2) is 0 Å². The number of aromatic nitrogens is 1. The second kappa shape index (κ2) is 4.61. The Bertz CT molecular complexity index is 519. The normalized spacial score (nSPS) is 10.8. The van der Waals surface area contributed by atoms with Crippen LogP contribution in [0.5, 0.6) is 0 Å². The molecule has 1 aromatic heterocycles. The zero-order chi connectivity index (χ0) is 11.5. The summed E-state index contributed by atoms with van der Waals surface area (Å²) in [4.78, 5) is 14.1. The third-order valence-electron chi connectivity index (χ3n) is 2.39. The minimum atomic E-state index is -0.882. The Morgan fingerprint density at radius 3 is 2.94 bits per heavy atom. The molecule has 0 fully saturated rings. The number of aromatic carboxylic acids is 1. The van der Waals surface area contributed by atoms with Gasteiger partial charge in [-0.05, 0) is 30.0 Å². The molecule has 0 aliphatic heterocycles. The van der Waals surface area contributed by atoms with Crippen molar-refractivity contribution in [3.8, 4) is 0 Å². The fraction of sp³-hybridized carbons (Fsp3) is 0.250. The number of benzene rings is 1. The number of fused-ring (bicyclic) bond motifs is 1. The lowest BCUT2D eigenvalue weighted by molar-refractivity contribution is 0.0697. The first-order valence-electron chi connectivity index (χ1n) is 5.13. The average molecular weight is 235 g/mol. The predicted molar refractivity (Wildman–Crippen MR) is 67.1 cm³/mol. The van der Waals surface area contributed by atoms with E-state index >= 15 is 0 Å². The van der Waals surface area contributed by atoms with Crippen molar-refractivity contribution in [1.82, 2.24) is 4.98 Å². The van der Waals surface area contributed by atoms with Gasteiger partial charge in [-0.25, -0.2) is 4.79 Å².